The van der Waals surface area contributed by atoms with E-state index in [-0.39, 0.29) is 25.0 Å². The molecule has 0 fully saturated rings. The van der Waals surface area contributed by atoms with E-state index >= 15 is 0 Å². The maximum atomic E-state index is 11.5. The second kappa shape index (κ2) is 11.1. The van der Waals surface area contributed by atoms with Crippen LogP contribution in [-0.2, 0) is 22.4 Å². The number of rotatable bonds is 7. The number of ether oxygens (including phenoxy) is 2. The van der Waals surface area contributed by atoms with Crippen LogP contribution in [0.1, 0.15) is 49.4 Å². The van der Waals surface area contributed by atoms with E-state index in [0.29, 0.717) is 18.7 Å². The van der Waals surface area contributed by atoms with Crippen LogP contribution in [0.2, 0.25) is 0 Å². The highest BCUT2D eigenvalue weighted by molar-refractivity contribution is 5.85. The third-order valence-electron chi connectivity index (χ3n) is 5.09. The molecule has 0 saturated heterocycles. The molecule has 0 bridgehead atoms. The van der Waals surface area contributed by atoms with Crippen LogP contribution in [0.3, 0.4) is 0 Å². The van der Waals surface area contributed by atoms with Crippen LogP contribution in [-0.4, -0.2) is 25.2 Å². The van der Waals surface area contributed by atoms with Gasteiger partial charge in [-0.1, -0.05) is 36.4 Å². The zero-order valence-electron chi connectivity index (χ0n) is 16.6. The summed E-state index contributed by atoms with van der Waals surface area (Å²) in [4.78, 5) is 11.5. The summed E-state index contributed by atoms with van der Waals surface area (Å²) in [5.74, 6) is 0.405. The third-order valence-corrected chi connectivity index (χ3v) is 5.09. The molecule has 0 radical (unpaired) electrons. The number of carbonyl (C=O) groups excluding carboxylic acids is 1. The second-order valence-electron chi connectivity index (χ2n) is 7.12. The fourth-order valence-corrected chi connectivity index (χ4v) is 3.71. The number of halogens is 1. The average molecular weight is 404 g/mol. The van der Waals surface area contributed by atoms with Crippen LogP contribution in [0.15, 0.2) is 48.5 Å². The minimum atomic E-state index is -0.330. The van der Waals surface area contributed by atoms with Crippen molar-refractivity contribution >= 4 is 18.4 Å². The van der Waals surface area contributed by atoms with Crippen LogP contribution < -0.4 is 10.1 Å². The summed E-state index contributed by atoms with van der Waals surface area (Å²) in [6, 6.07) is 17.5. The Labute approximate surface area is 174 Å². The summed E-state index contributed by atoms with van der Waals surface area (Å²) < 4.78 is 10.5. The van der Waals surface area contributed by atoms with Crippen molar-refractivity contribution in [2.45, 2.75) is 51.6 Å². The Kier molecular flexibility index (Phi) is 8.81. The number of hydrogen-bond acceptors (Lipinski definition) is 4. The van der Waals surface area contributed by atoms with Gasteiger partial charge in [-0.25, -0.2) is 4.79 Å². The summed E-state index contributed by atoms with van der Waals surface area (Å²) in [7, 11) is 0. The van der Waals surface area contributed by atoms with E-state index in [4.69, 9.17) is 9.47 Å². The second-order valence-corrected chi connectivity index (χ2v) is 7.12. The van der Waals surface area contributed by atoms with Gasteiger partial charge >= 0.3 is 5.97 Å². The van der Waals surface area contributed by atoms with Crippen molar-refractivity contribution in [3.05, 3.63) is 65.2 Å². The van der Waals surface area contributed by atoms with Gasteiger partial charge in [-0.05, 0) is 68.4 Å². The lowest BCUT2D eigenvalue weighted by molar-refractivity contribution is -0.145. The van der Waals surface area contributed by atoms with Crippen LogP contribution in [0.5, 0.6) is 5.75 Å². The Hall–Kier alpha value is -2.04. The highest BCUT2D eigenvalue weighted by atomic mass is 35.5. The largest absolute Gasteiger partial charge is 0.482 e. The molecule has 0 heterocycles. The highest BCUT2D eigenvalue weighted by Crippen LogP contribution is 2.26. The van der Waals surface area contributed by atoms with Crippen molar-refractivity contribution < 1.29 is 14.3 Å². The molecule has 2 aromatic rings. The third kappa shape index (κ3) is 6.25. The lowest BCUT2D eigenvalue weighted by atomic mass is 10.00. The van der Waals surface area contributed by atoms with Crippen molar-refractivity contribution in [1.29, 1.82) is 0 Å². The number of benzene rings is 2. The quantitative estimate of drug-likeness (QED) is 0.540. The van der Waals surface area contributed by atoms with Crippen molar-refractivity contribution in [2.75, 3.05) is 13.2 Å². The van der Waals surface area contributed by atoms with Crippen LogP contribution >= 0.6 is 12.4 Å². The van der Waals surface area contributed by atoms with Crippen LogP contribution in [0.4, 0.5) is 0 Å². The minimum absolute atomic E-state index is 0. The van der Waals surface area contributed by atoms with E-state index in [0.717, 1.165) is 25.0 Å². The van der Waals surface area contributed by atoms with E-state index in [1.54, 1.807) is 6.92 Å². The standard InChI is InChI=1S/C23H29NO3.ClH/c1-3-26-23(25)16-27-22-13-12-19-10-7-11-21(14-20(19)15-22)24-17(2)18-8-5-4-6-9-18;/h4-6,8-9,12-13,15,17,21,24H,3,7,10-11,14,16H2,1-2H3;1H/t17-,21-;/m1./s1. The Morgan fingerprint density at radius 3 is 2.71 bits per heavy atom. The van der Waals surface area contributed by atoms with Gasteiger partial charge in [0, 0.05) is 12.1 Å². The molecule has 2 aromatic carbocycles. The fourth-order valence-electron chi connectivity index (χ4n) is 3.71. The molecule has 0 spiro atoms. The molecule has 0 unspecified atom stereocenters. The molecule has 1 aliphatic carbocycles. The molecule has 2 atom stereocenters. The number of aryl methyl sites for hydroxylation is 1. The molecule has 4 nitrogen and oxygen atoms in total. The number of carbonyl (C=O) groups is 1. The van der Waals surface area contributed by atoms with Gasteiger partial charge in [-0.15, -0.1) is 12.4 Å². The van der Waals surface area contributed by atoms with Gasteiger partial charge in [-0.3, -0.25) is 0 Å². The van der Waals surface area contributed by atoms with Gasteiger partial charge in [-0.2, -0.15) is 0 Å². The molecular weight excluding hydrogens is 374 g/mol. The van der Waals surface area contributed by atoms with Gasteiger partial charge in [0.1, 0.15) is 5.75 Å². The Balaban J connectivity index is 0.00000280. The molecule has 5 heteroatoms. The monoisotopic (exact) mass is 403 g/mol. The first-order valence-electron chi connectivity index (χ1n) is 9.87. The smallest absolute Gasteiger partial charge is 0.344 e. The van der Waals surface area contributed by atoms with E-state index in [1.165, 1.54) is 23.1 Å². The number of nitrogens with one attached hydrogen (secondary N) is 1. The first-order valence-corrected chi connectivity index (χ1v) is 9.87. The topological polar surface area (TPSA) is 47.6 Å². The molecule has 0 aliphatic heterocycles. The first kappa shape index (κ1) is 22.3. The highest BCUT2D eigenvalue weighted by Gasteiger charge is 2.19. The number of hydrogen-bond donors (Lipinski definition) is 1. The minimum Gasteiger partial charge on any atom is -0.482 e. The summed E-state index contributed by atoms with van der Waals surface area (Å²) in [6.07, 6.45) is 4.40. The van der Waals surface area contributed by atoms with Crippen molar-refractivity contribution in [2.24, 2.45) is 0 Å². The molecule has 152 valence electrons. The van der Waals surface area contributed by atoms with Gasteiger partial charge in [0.05, 0.1) is 6.61 Å². The molecular formula is C23H30ClNO3. The van der Waals surface area contributed by atoms with Crippen LogP contribution in [0, 0.1) is 0 Å². The molecule has 1 aliphatic rings. The first-order chi connectivity index (χ1) is 13.2. The van der Waals surface area contributed by atoms with E-state index in [1.807, 2.05) is 6.07 Å². The maximum Gasteiger partial charge on any atom is 0.344 e. The summed E-state index contributed by atoms with van der Waals surface area (Å²) in [6.45, 7) is 4.35. The van der Waals surface area contributed by atoms with Crippen molar-refractivity contribution in [1.82, 2.24) is 5.32 Å². The normalized spacial score (nSPS) is 16.9. The van der Waals surface area contributed by atoms with Gasteiger partial charge in [0.25, 0.3) is 0 Å². The van der Waals surface area contributed by atoms with Crippen molar-refractivity contribution in [3.8, 4) is 5.75 Å². The Morgan fingerprint density at radius 1 is 1.18 bits per heavy atom. The zero-order valence-corrected chi connectivity index (χ0v) is 17.5. The fraction of sp³-hybridized carbons (Fsp3) is 0.435. The predicted octanol–water partition coefficient (Wildman–Crippen LogP) is 4.65. The lowest BCUT2D eigenvalue weighted by Crippen LogP contribution is -2.33. The Morgan fingerprint density at radius 2 is 1.96 bits per heavy atom. The summed E-state index contributed by atoms with van der Waals surface area (Å²) in [5, 5.41) is 3.79. The van der Waals surface area contributed by atoms with E-state index in [9.17, 15) is 4.79 Å². The Bertz CT molecular complexity index is 751. The van der Waals surface area contributed by atoms with E-state index < -0.39 is 0 Å². The molecule has 1 N–H and O–H groups in total. The average Bonchev–Trinajstić information content (AvgIpc) is 2.88. The molecule has 0 saturated carbocycles. The molecule has 0 aromatic heterocycles. The predicted molar refractivity (Wildman–Crippen MR) is 114 cm³/mol. The molecule has 28 heavy (non-hydrogen) atoms. The summed E-state index contributed by atoms with van der Waals surface area (Å²) >= 11 is 0. The van der Waals surface area contributed by atoms with E-state index in [2.05, 4.69) is 54.7 Å². The zero-order chi connectivity index (χ0) is 19.1. The van der Waals surface area contributed by atoms with Gasteiger partial charge in [0.15, 0.2) is 6.61 Å². The van der Waals surface area contributed by atoms with Gasteiger partial charge in [0.2, 0.25) is 0 Å². The SMILES string of the molecule is CCOC(=O)COc1ccc2c(c1)C[C@H](N[C@H](C)c1ccccc1)CCC2.Cl. The van der Waals surface area contributed by atoms with Crippen molar-refractivity contribution in [3.63, 3.8) is 0 Å². The summed E-state index contributed by atoms with van der Waals surface area (Å²) in [5.41, 5.74) is 4.01. The molecule has 3 rings (SSSR count). The van der Waals surface area contributed by atoms with Gasteiger partial charge < -0.3 is 14.8 Å². The maximum absolute atomic E-state index is 11.5. The number of fused-ring (bicyclic) bond motifs is 1. The van der Waals surface area contributed by atoms with Crippen LogP contribution in [0.25, 0.3) is 0 Å². The molecule has 0 amide bonds. The lowest BCUT2D eigenvalue weighted by Gasteiger charge is -2.23. The number of esters is 1.